The van der Waals surface area contributed by atoms with Crippen LogP contribution in [0.2, 0.25) is 0 Å². The number of halogens is 1. The zero-order valence-electron chi connectivity index (χ0n) is 11.5. The average Bonchev–Trinajstić information content (AvgIpc) is 2.84. The van der Waals surface area contributed by atoms with Crippen LogP contribution in [0.15, 0.2) is 12.4 Å². The van der Waals surface area contributed by atoms with Crippen LogP contribution in [0.3, 0.4) is 0 Å². The van der Waals surface area contributed by atoms with Gasteiger partial charge in [-0.2, -0.15) is 5.10 Å². The van der Waals surface area contributed by atoms with Crippen LogP contribution in [0.1, 0.15) is 45.1 Å². The van der Waals surface area contributed by atoms with E-state index in [1.165, 1.54) is 31.2 Å². The lowest BCUT2D eigenvalue weighted by molar-refractivity contribution is 0.207. The highest BCUT2D eigenvalue weighted by molar-refractivity contribution is 6.18. The first-order valence-electron chi connectivity index (χ1n) is 7.00. The summed E-state index contributed by atoms with van der Waals surface area (Å²) in [6.07, 6.45) is 9.08. The number of aromatic nitrogens is 2. The van der Waals surface area contributed by atoms with Crippen LogP contribution in [0, 0.1) is 5.92 Å². The van der Waals surface area contributed by atoms with E-state index in [9.17, 15) is 0 Å². The Morgan fingerprint density at radius 1 is 1.61 bits per heavy atom. The van der Waals surface area contributed by atoms with Crippen LogP contribution in [-0.4, -0.2) is 21.2 Å². The Balaban J connectivity index is 1.93. The second-order valence-electron chi connectivity index (χ2n) is 5.67. The van der Waals surface area contributed by atoms with Crippen molar-refractivity contribution in [2.24, 2.45) is 5.92 Å². The summed E-state index contributed by atoms with van der Waals surface area (Å²) in [6.45, 7) is 6.24. The lowest BCUT2D eigenvalue weighted by Gasteiger charge is -2.39. The van der Waals surface area contributed by atoms with Crippen LogP contribution in [0.25, 0.3) is 0 Å². The molecule has 1 fully saturated rings. The molecule has 2 rings (SSSR count). The van der Waals surface area contributed by atoms with E-state index in [1.54, 1.807) is 0 Å². The first-order chi connectivity index (χ1) is 8.67. The normalized spacial score (nSPS) is 28.5. The molecule has 2 atom stereocenters. The molecule has 1 aromatic rings. The van der Waals surface area contributed by atoms with Gasteiger partial charge < -0.3 is 5.32 Å². The fraction of sp³-hybridized carbons (Fsp3) is 0.786. The first kappa shape index (κ1) is 13.9. The Morgan fingerprint density at radius 3 is 3.06 bits per heavy atom. The van der Waals surface area contributed by atoms with Gasteiger partial charge in [0.2, 0.25) is 0 Å². The fourth-order valence-electron chi connectivity index (χ4n) is 2.95. The van der Waals surface area contributed by atoms with Gasteiger partial charge in [0.1, 0.15) is 0 Å². The van der Waals surface area contributed by atoms with Crippen molar-refractivity contribution in [3.8, 4) is 0 Å². The molecule has 102 valence electrons. The predicted octanol–water partition coefficient (Wildman–Crippen LogP) is 3.18. The van der Waals surface area contributed by atoms with E-state index in [1.807, 2.05) is 10.9 Å². The molecule has 1 aliphatic carbocycles. The lowest BCUT2D eigenvalue weighted by Crippen LogP contribution is -2.49. The fourth-order valence-corrected chi connectivity index (χ4v) is 3.29. The Hall–Kier alpha value is -0.540. The summed E-state index contributed by atoms with van der Waals surface area (Å²) in [5, 5.41) is 7.99. The quantitative estimate of drug-likeness (QED) is 0.832. The molecule has 0 aromatic carbocycles. The van der Waals surface area contributed by atoms with Crippen LogP contribution in [0.5, 0.6) is 0 Å². The van der Waals surface area contributed by atoms with Gasteiger partial charge in [-0.3, -0.25) is 4.68 Å². The molecule has 2 unspecified atom stereocenters. The molecule has 0 bridgehead atoms. The third kappa shape index (κ3) is 3.27. The van der Waals surface area contributed by atoms with Gasteiger partial charge in [-0.15, -0.1) is 11.6 Å². The minimum absolute atomic E-state index is 0.132. The van der Waals surface area contributed by atoms with Gasteiger partial charge in [0.15, 0.2) is 0 Å². The monoisotopic (exact) mass is 269 g/mol. The molecule has 1 aliphatic rings. The Labute approximate surface area is 115 Å². The molecule has 1 heterocycles. The number of aryl methyl sites for hydroxylation is 1. The van der Waals surface area contributed by atoms with E-state index in [4.69, 9.17) is 11.6 Å². The summed E-state index contributed by atoms with van der Waals surface area (Å²) >= 11 is 6.22. The van der Waals surface area contributed by atoms with Crippen LogP contribution < -0.4 is 5.32 Å². The smallest absolute Gasteiger partial charge is 0.0534 e. The van der Waals surface area contributed by atoms with Crippen LogP contribution in [-0.2, 0) is 13.1 Å². The largest absolute Gasteiger partial charge is 0.306 e. The van der Waals surface area contributed by atoms with Gasteiger partial charge >= 0.3 is 0 Å². The SMILES string of the molecule is CCn1cc(CNC2(CCl)CCCC(C)C2)cn1. The van der Waals surface area contributed by atoms with E-state index < -0.39 is 0 Å². The zero-order valence-corrected chi connectivity index (χ0v) is 12.2. The summed E-state index contributed by atoms with van der Waals surface area (Å²) < 4.78 is 1.97. The van der Waals surface area contributed by atoms with Gasteiger partial charge in [-0.25, -0.2) is 0 Å². The average molecular weight is 270 g/mol. The topological polar surface area (TPSA) is 29.9 Å². The number of alkyl halides is 1. The van der Waals surface area contributed by atoms with Crippen molar-refractivity contribution in [2.45, 2.75) is 58.2 Å². The third-order valence-corrected chi connectivity index (χ3v) is 4.54. The molecule has 3 nitrogen and oxygen atoms in total. The van der Waals surface area contributed by atoms with E-state index in [-0.39, 0.29) is 5.54 Å². The molecule has 0 spiro atoms. The molecule has 0 aliphatic heterocycles. The van der Waals surface area contributed by atoms with E-state index >= 15 is 0 Å². The molecule has 0 amide bonds. The molecule has 18 heavy (non-hydrogen) atoms. The van der Waals surface area contributed by atoms with Crippen molar-refractivity contribution in [2.75, 3.05) is 5.88 Å². The van der Waals surface area contributed by atoms with Crippen LogP contribution in [0.4, 0.5) is 0 Å². The Morgan fingerprint density at radius 2 is 2.44 bits per heavy atom. The number of nitrogens with one attached hydrogen (secondary N) is 1. The Kier molecular flexibility index (Phi) is 4.68. The summed E-state index contributed by atoms with van der Waals surface area (Å²) in [5.41, 5.74) is 1.38. The highest BCUT2D eigenvalue weighted by Gasteiger charge is 2.33. The summed E-state index contributed by atoms with van der Waals surface area (Å²) in [5.74, 6) is 1.49. The van der Waals surface area contributed by atoms with Gasteiger partial charge in [0, 0.05) is 36.3 Å². The molecule has 0 saturated heterocycles. The van der Waals surface area contributed by atoms with Crippen molar-refractivity contribution in [1.82, 2.24) is 15.1 Å². The van der Waals surface area contributed by atoms with E-state index in [0.717, 1.165) is 19.0 Å². The molecule has 4 heteroatoms. The molecular weight excluding hydrogens is 246 g/mol. The van der Waals surface area contributed by atoms with Gasteiger partial charge in [0.05, 0.1) is 6.20 Å². The number of rotatable bonds is 5. The third-order valence-electron chi connectivity index (χ3n) is 4.03. The maximum absolute atomic E-state index is 6.22. The molecule has 1 N–H and O–H groups in total. The second kappa shape index (κ2) is 6.07. The summed E-state index contributed by atoms with van der Waals surface area (Å²) in [4.78, 5) is 0. The minimum atomic E-state index is 0.132. The van der Waals surface area contributed by atoms with Gasteiger partial charge in [-0.05, 0) is 25.7 Å². The van der Waals surface area contributed by atoms with Crippen LogP contribution >= 0.6 is 11.6 Å². The van der Waals surface area contributed by atoms with Gasteiger partial charge in [0.25, 0.3) is 0 Å². The highest BCUT2D eigenvalue weighted by Crippen LogP contribution is 2.33. The van der Waals surface area contributed by atoms with Crippen molar-refractivity contribution in [3.05, 3.63) is 18.0 Å². The maximum atomic E-state index is 6.22. The Bertz CT molecular complexity index is 377. The summed E-state index contributed by atoms with van der Waals surface area (Å²) in [6, 6.07) is 0. The predicted molar refractivity (Wildman–Crippen MR) is 75.8 cm³/mol. The summed E-state index contributed by atoms with van der Waals surface area (Å²) in [7, 11) is 0. The number of hydrogen-bond donors (Lipinski definition) is 1. The van der Waals surface area contributed by atoms with Crippen molar-refractivity contribution in [1.29, 1.82) is 0 Å². The zero-order chi connectivity index (χ0) is 13.0. The molecular formula is C14H24ClN3. The maximum Gasteiger partial charge on any atom is 0.0534 e. The molecule has 1 aromatic heterocycles. The molecule has 0 radical (unpaired) electrons. The highest BCUT2D eigenvalue weighted by atomic mass is 35.5. The number of nitrogens with zero attached hydrogens (tertiary/aromatic N) is 2. The molecule has 1 saturated carbocycles. The van der Waals surface area contributed by atoms with Gasteiger partial charge in [-0.1, -0.05) is 19.8 Å². The van der Waals surface area contributed by atoms with E-state index in [0.29, 0.717) is 5.88 Å². The standard InChI is InChI=1S/C14H24ClN3/c1-3-18-10-13(9-17-18)8-16-14(11-15)6-4-5-12(2)7-14/h9-10,12,16H,3-8,11H2,1-2H3. The van der Waals surface area contributed by atoms with Crippen molar-refractivity contribution >= 4 is 11.6 Å². The van der Waals surface area contributed by atoms with Crippen molar-refractivity contribution < 1.29 is 0 Å². The van der Waals surface area contributed by atoms with Crippen molar-refractivity contribution in [3.63, 3.8) is 0 Å². The second-order valence-corrected chi connectivity index (χ2v) is 5.94. The number of hydrogen-bond acceptors (Lipinski definition) is 2. The minimum Gasteiger partial charge on any atom is -0.306 e. The van der Waals surface area contributed by atoms with E-state index in [2.05, 4.69) is 30.5 Å². The first-order valence-corrected chi connectivity index (χ1v) is 7.53. The lowest BCUT2D eigenvalue weighted by atomic mass is 9.77.